The van der Waals surface area contributed by atoms with Crippen LogP contribution < -0.4 is 10.6 Å². The van der Waals surface area contributed by atoms with E-state index in [9.17, 15) is 18.8 Å². The summed E-state index contributed by atoms with van der Waals surface area (Å²) in [7, 11) is 0. The van der Waals surface area contributed by atoms with Crippen LogP contribution in [0.3, 0.4) is 0 Å². The van der Waals surface area contributed by atoms with Gasteiger partial charge < -0.3 is 10.2 Å². The molecule has 0 aliphatic carbocycles. The van der Waals surface area contributed by atoms with Crippen LogP contribution in [0.5, 0.6) is 0 Å². The summed E-state index contributed by atoms with van der Waals surface area (Å²) < 4.78 is 14.8. The third-order valence-electron chi connectivity index (χ3n) is 5.32. The lowest BCUT2D eigenvalue weighted by atomic mass is 9.90. The second kappa shape index (κ2) is 6.70. The zero-order valence-corrected chi connectivity index (χ0v) is 16.6. The van der Waals surface area contributed by atoms with Crippen LogP contribution in [0, 0.1) is 5.82 Å². The smallest absolute Gasteiger partial charge is 0.322 e. The Morgan fingerprint density at radius 3 is 2.71 bits per heavy atom. The summed E-state index contributed by atoms with van der Waals surface area (Å²) in [4.78, 5) is 38.4. The minimum atomic E-state index is -1.23. The molecule has 0 saturated carbocycles. The van der Waals surface area contributed by atoms with E-state index in [-0.39, 0.29) is 11.7 Å². The van der Waals surface area contributed by atoms with Crippen molar-refractivity contribution in [1.29, 1.82) is 0 Å². The van der Waals surface area contributed by atoms with Gasteiger partial charge in [-0.25, -0.2) is 9.18 Å². The van der Waals surface area contributed by atoms with E-state index in [1.165, 1.54) is 6.07 Å². The average Bonchev–Trinajstić information content (AvgIpc) is 2.96. The number of urea groups is 1. The minimum absolute atomic E-state index is 0.211. The first-order chi connectivity index (χ1) is 13.3. The van der Waals surface area contributed by atoms with Crippen molar-refractivity contribution in [3.63, 3.8) is 0 Å². The van der Waals surface area contributed by atoms with Gasteiger partial charge in [-0.15, -0.1) is 0 Å². The zero-order chi connectivity index (χ0) is 20.1. The van der Waals surface area contributed by atoms with Crippen LogP contribution in [-0.4, -0.2) is 29.3 Å². The highest BCUT2D eigenvalue weighted by atomic mass is 79.9. The van der Waals surface area contributed by atoms with Crippen molar-refractivity contribution < 1.29 is 18.8 Å². The molecule has 2 aliphatic rings. The maximum Gasteiger partial charge on any atom is 0.322 e. The highest BCUT2D eigenvalue weighted by Gasteiger charge is 2.43. The molecular formula is C20H17BrFN3O3. The van der Waals surface area contributed by atoms with Gasteiger partial charge in [0.2, 0.25) is 0 Å². The molecule has 2 aromatic rings. The predicted octanol–water partition coefficient (Wildman–Crippen LogP) is 2.84. The first-order valence-corrected chi connectivity index (χ1v) is 9.58. The largest absolute Gasteiger partial charge is 0.334 e. The normalized spacial score (nSPS) is 21.2. The third-order valence-corrected chi connectivity index (χ3v) is 6.06. The van der Waals surface area contributed by atoms with Gasteiger partial charge in [0.15, 0.2) is 0 Å². The number of halogens is 2. The summed E-state index contributed by atoms with van der Waals surface area (Å²) >= 11 is 3.44. The Morgan fingerprint density at radius 1 is 1.21 bits per heavy atom. The van der Waals surface area contributed by atoms with Crippen LogP contribution in [0.4, 0.5) is 9.18 Å². The monoisotopic (exact) mass is 445 g/mol. The molecule has 1 fully saturated rings. The molecule has 2 N–H and O–H groups in total. The highest BCUT2D eigenvalue weighted by Crippen LogP contribution is 2.30. The van der Waals surface area contributed by atoms with Gasteiger partial charge in [-0.1, -0.05) is 28.1 Å². The second-order valence-electron chi connectivity index (χ2n) is 7.08. The number of fused-ring (bicyclic) bond motifs is 1. The van der Waals surface area contributed by atoms with E-state index < -0.39 is 17.5 Å². The lowest BCUT2D eigenvalue weighted by Crippen LogP contribution is -2.41. The molecule has 4 amide bonds. The topological polar surface area (TPSA) is 78.5 Å². The van der Waals surface area contributed by atoms with E-state index >= 15 is 0 Å². The molecule has 0 bridgehead atoms. The lowest BCUT2D eigenvalue weighted by molar-refractivity contribution is -0.123. The Morgan fingerprint density at radius 2 is 2.00 bits per heavy atom. The van der Waals surface area contributed by atoms with Crippen LogP contribution in [0.1, 0.15) is 34.0 Å². The number of hydrogen-bond acceptors (Lipinski definition) is 3. The number of amides is 4. The van der Waals surface area contributed by atoms with E-state index in [0.717, 1.165) is 10.0 Å². The number of carbonyl (C=O) groups excluding carboxylic acids is 3. The molecule has 144 valence electrons. The Kier molecular flexibility index (Phi) is 4.45. The fraction of sp³-hybridized carbons (Fsp3) is 0.250. The number of benzene rings is 2. The van der Waals surface area contributed by atoms with Gasteiger partial charge in [0, 0.05) is 23.1 Å². The van der Waals surface area contributed by atoms with Crippen molar-refractivity contribution in [2.24, 2.45) is 0 Å². The van der Waals surface area contributed by atoms with Gasteiger partial charge in [-0.3, -0.25) is 14.9 Å². The summed E-state index contributed by atoms with van der Waals surface area (Å²) in [6, 6.07) is 9.15. The summed E-state index contributed by atoms with van der Waals surface area (Å²) in [5.74, 6) is -0.936. The zero-order valence-electron chi connectivity index (χ0n) is 15.0. The summed E-state index contributed by atoms with van der Waals surface area (Å²) in [6.07, 6.45) is 0.433. The first-order valence-electron chi connectivity index (χ1n) is 8.79. The van der Waals surface area contributed by atoms with Gasteiger partial charge in [0.05, 0.1) is 0 Å². The quantitative estimate of drug-likeness (QED) is 0.697. The minimum Gasteiger partial charge on any atom is -0.334 e. The first kappa shape index (κ1) is 18.6. The van der Waals surface area contributed by atoms with Crippen molar-refractivity contribution in [3.05, 3.63) is 68.9 Å². The number of hydrogen-bond donors (Lipinski definition) is 2. The third kappa shape index (κ3) is 2.97. The molecule has 1 unspecified atom stereocenters. The van der Waals surface area contributed by atoms with Gasteiger partial charge in [0.25, 0.3) is 11.8 Å². The van der Waals surface area contributed by atoms with Gasteiger partial charge in [-0.05, 0) is 54.3 Å². The van der Waals surface area contributed by atoms with Crippen LogP contribution in [0.15, 0.2) is 40.9 Å². The fourth-order valence-corrected chi connectivity index (χ4v) is 4.16. The van der Waals surface area contributed by atoms with Crippen molar-refractivity contribution in [1.82, 2.24) is 15.5 Å². The van der Waals surface area contributed by atoms with E-state index in [1.54, 1.807) is 42.2 Å². The molecule has 28 heavy (non-hydrogen) atoms. The average molecular weight is 446 g/mol. The van der Waals surface area contributed by atoms with Crippen molar-refractivity contribution in [3.8, 4) is 0 Å². The van der Waals surface area contributed by atoms with Gasteiger partial charge >= 0.3 is 6.03 Å². The lowest BCUT2D eigenvalue weighted by Gasteiger charge is -2.30. The van der Waals surface area contributed by atoms with Crippen molar-refractivity contribution >= 4 is 33.8 Å². The molecule has 4 rings (SSSR count). The molecule has 2 aromatic carbocycles. The highest BCUT2D eigenvalue weighted by molar-refractivity contribution is 9.10. The molecule has 2 aliphatic heterocycles. The van der Waals surface area contributed by atoms with Gasteiger partial charge in [-0.2, -0.15) is 0 Å². The van der Waals surface area contributed by atoms with Gasteiger partial charge in [0.1, 0.15) is 11.4 Å². The Bertz CT molecular complexity index is 1030. The molecule has 2 heterocycles. The van der Waals surface area contributed by atoms with Crippen LogP contribution in [0.25, 0.3) is 0 Å². The Labute approximate surface area is 169 Å². The number of imide groups is 1. The van der Waals surface area contributed by atoms with Crippen LogP contribution in [-0.2, 0) is 23.3 Å². The second-order valence-corrected chi connectivity index (χ2v) is 7.93. The molecule has 1 atom stereocenters. The van der Waals surface area contributed by atoms with Crippen molar-refractivity contribution in [2.75, 3.05) is 6.54 Å². The number of rotatable bonds is 2. The van der Waals surface area contributed by atoms with E-state index in [1.807, 2.05) is 0 Å². The summed E-state index contributed by atoms with van der Waals surface area (Å²) in [6.45, 7) is 2.29. The fourth-order valence-electron chi connectivity index (χ4n) is 3.66. The van der Waals surface area contributed by atoms with E-state index in [2.05, 4.69) is 26.6 Å². The molecule has 8 heteroatoms. The maximum absolute atomic E-state index is 14.0. The van der Waals surface area contributed by atoms with Crippen LogP contribution >= 0.6 is 15.9 Å². The van der Waals surface area contributed by atoms with Crippen molar-refractivity contribution in [2.45, 2.75) is 25.4 Å². The Balaban J connectivity index is 1.62. The predicted molar refractivity (Wildman–Crippen MR) is 103 cm³/mol. The molecular weight excluding hydrogens is 429 g/mol. The Hall–Kier alpha value is -2.74. The maximum atomic E-state index is 14.0. The van der Waals surface area contributed by atoms with E-state index in [0.29, 0.717) is 36.2 Å². The molecule has 1 saturated heterocycles. The molecule has 0 aromatic heterocycles. The standard InChI is InChI=1S/C20H17BrFN3O3/c1-20(18(27)23-19(28)24-20)12-4-2-3-11(9-12)17(26)25-8-7-13-14(10-25)15(21)5-6-16(13)22/h2-6,9H,7-8,10H2,1H3,(H2,23,24,27,28). The molecule has 0 spiro atoms. The summed E-state index contributed by atoms with van der Waals surface area (Å²) in [5.41, 5.74) is 1.10. The number of nitrogens with zero attached hydrogens (tertiary/aromatic N) is 1. The SMILES string of the molecule is CC1(c2cccc(C(=O)N3CCc4c(F)ccc(Br)c4C3)c2)NC(=O)NC1=O. The number of carbonyl (C=O) groups is 3. The molecule has 6 nitrogen and oxygen atoms in total. The van der Waals surface area contributed by atoms with Crippen LogP contribution in [0.2, 0.25) is 0 Å². The summed E-state index contributed by atoms with van der Waals surface area (Å²) in [5, 5.41) is 4.81. The molecule has 0 radical (unpaired) electrons. The van der Waals surface area contributed by atoms with E-state index in [4.69, 9.17) is 0 Å². The number of nitrogens with one attached hydrogen (secondary N) is 2.